The van der Waals surface area contributed by atoms with Gasteiger partial charge in [0.15, 0.2) is 0 Å². The number of aryl methyl sites for hydroxylation is 1. The second-order valence-corrected chi connectivity index (χ2v) is 7.01. The summed E-state index contributed by atoms with van der Waals surface area (Å²) in [5.41, 5.74) is 2.06. The van der Waals surface area contributed by atoms with E-state index in [2.05, 4.69) is 26.4 Å². The first kappa shape index (κ1) is 15.3. The van der Waals surface area contributed by atoms with Gasteiger partial charge in [-0.3, -0.25) is 4.79 Å². The van der Waals surface area contributed by atoms with Crippen LogP contribution in [0.15, 0.2) is 29.3 Å². The molecule has 2 aliphatic carbocycles. The highest BCUT2D eigenvalue weighted by molar-refractivity contribution is 5.38. The van der Waals surface area contributed by atoms with Crippen molar-refractivity contribution in [2.45, 2.75) is 63.5 Å². The van der Waals surface area contributed by atoms with Crippen molar-refractivity contribution in [3.63, 3.8) is 0 Å². The molecule has 0 saturated heterocycles. The van der Waals surface area contributed by atoms with Crippen molar-refractivity contribution in [1.82, 2.24) is 19.7 Å². The number of aromatic nitrogens is 4. The van der Waals surface area contributed by atoms with Crippen molar-refractivity contribution in [3.8, 4) is 0 Å². The van der Waals surface area contributed by atoms with Gasteiger partial charge >= 0.3 is 0 Å². The standard InChI is InChI=1S/C18H23N5O/c1-12-2-9-18(24)23(22-12)15-7-5-14(6-8-15)21-17-10-16(13-3-4-13)19-11-20-17/h2,9-11,13-15H,3-8H2,1H3,(H,19,20,21). The largest absolute Gasteiger partial charge is 0.367 e. The van der Waals surface area contributed by atoms with Crippen LogP contribution < -0.4 is 10.9 Å². The van der Waals surface area contributed by atoms with Gasteiger partial charge < -0.3 is 5.32 Å². The van der Waals surface area contributed by atoms with Gasteiger partial charge in [-0.05, 0) is 51.5 Å². The first-order chi connectivity index (χ1) is 11.7. The molecule has 0 amide bonds. The predicted molar refractivity (Wildman–Crippen MR) is 92.2 cm³/mol. The Morgan fingerprint density at radius 3 is 2.62 bits per heavy atom. The smallest absolute Gasteiger partial charge is 0.267 e. The average Bonchev–Trinajstić information content (AvgIpc) is 3.43. The summed E-state index contributed by atoms with van der Waals surface area (Å²) in [5.74, 6) is 1.57. The minimum Gasteiger partial charge on any atom is -0.367 e. The van der Waals surface area contributed by atoms with Gasteiger partial charge in [-0.25, -0.2) is 14.6 Å². The highest BCUT2D eigenvalue weighted by atomic mass is 16.1. The van der Waals surface area contributed by atoms with Crippen LogP contribution in [-0.2, 0) is 0 Å². The van der Waals surface area contributed by atoms with Crippen LogP contribution in [0.25, 0.3) is 0 Å². The summed E-state index contributed by atoms with van der Waals surface area (Å²) in [6, 6.07) is 6.11. The molecule has 2 aromatic heterocycles. The number of anilines is 1. The summed E-state index contributed by atoms with van der Waals surface area (Å²) in [4.78, 5) is 20.7. The van der Waals surface area contributed by atoms with Gasteiger partial charge in [0.1, 0.15) is 12.1 Å². The van der Waals surface area contributed by atoms with Gasteiger partial charge in [-0.1, -0.05) is 0 Å². The highest BCUT2D eigenvalue weighted by Gasteiger charge is 2.26. The molecular weight excluding hydrogens is 302 g/mol. The van der Waals surface area contributed by atoms with Crippen LogP contribution in [0.1, 0.15) is 61.9 Å². The Bertz CT molecular complexity index is 775. The molecule has 2 fully saturated rings. The Morgan fingerprint density at radius 1 is 1.08 bits per heavy atom. The monoisotopic (exact) mass is 325 g/mol. The molecule has 2 aromatic rings. The summed E-state index contributed by atoms with van der Waals surface area (Å²) < 4.78 is 1.67. The van der Waals surface area contributed by atoms with Crippen molar-refractivity contribution >= 4 is 5.82 Å². The van der Waals surface area contributed by atoms with Gasteiger partial charge in [0.25, 0.3) is 5.56 Å². The van der Waals surface area contributed by atoms with E-state index in [1.165, 1.54) is 12.8 Å². The van der Waals surface area contributed by atoms with Crippen molar-refractivity contribution in [2.24, 2.45) is 0 Å². The van der Waals surface area contributed by atoms with E-state index in [-0.39, 0.29) is 11.6 Å². The fourth-order valence-corrected chi connectivity index (χ4v) is 3.51. The fraction of sp³-hybridized carbons (Fsp3) is 0.556. The van der Waals surface area contributed by atoms with Crippen LogP contribution in [0, 0.1) is 6.92 Å². The third kappa shape index (κ3) is 3.32. The second-order valence-electron chi connectivity index (χ2n) is 7.01. The SMILES string of the molecule is Cc1ccc(=O)n(C2CCC(Nc3cc(C4CC4)ncn3)CC2)n1. The summed E-state index contributed by atoms with van der Waals surface area (Å²) in [5, 5.41) is 7.95. The maximum atomic E-state index is 12.0. The van der Waals surface area contributed by atoms with E-state index in [1.807, 2.05) is 6.92 Å². The normalized spacial score (nSPS) is 23.9. The van der Waals surface area contributed by atoms with Gasteiger partial charge in [-0.15, -0.1) is 0 Å². The third-order valence-electron chi connectivity index (χ3n) is 5.04. The number of rotatable bonds is 4. The summed E-state index contributed by atoms with van der Waals surface area (Å²) in [7, 11) is 0. The molecule has 2 heterocycles. The number of hydrogen-bond donors (Lipinski definition) is 1. The van der Waals surface area contributed by atoms with Crippen LogP contribution in [0.2, 0.25) is 0 Å². The lowest BCUT2D eigenvalue weighted by atomic mass is 9.91. The molecule has 24 heavy (non-hydrogen) atoms. The molecular formula is C18H23N5O. The Morgan fingerprint density at radius 2 is 1.88 bits per heavy atom. The van der Waals surface area contributed by atoms with Gasteiger partial charge in [0, 0.05) is 29.8 Å². The summed E-state index contributed by atoms with van der Waals surface area (Å²) in [6.45, 7) is 1.93. The molecule has 0 radical (unpaired) electrons. The van der Waals surface area contributed by atoms with E-state index in [0.29, 0.717) is 12.0 Å². The van der Waals surface area contributed by atoms with Crippen LogP contribution in [-0.4, -0.2) is 25.8 Å². The van der Waals surface area contributed by atoms with Crippen LogP contribution in [0.5, 0.6) is 0 Å². The molecule has 126 valence electrons. The zero-order valence-corrected chi connectivity index (χ0v) is 14.0. The van der Waals surface area contributed by atoms with E-state index in [0.717, 1.165) is 42.9 Å². The quantitative estimate of drug-likeness (QED) is 0.936. The lowest BCUT2D eigenvalue weighted by Gasteiger charge is -2.30. The van der Waals surface area contributed by atoms with Crippen LogP contribution >= 0.6 is 0 Å². The summed E-state index contributed by atoms with van der Waals surface area (Å²) >= 11 is 0. The topological polar surface area (TPSA) is 72.7 Å². The van der Waals surface area contributed by atoms with Gasteiger partial charge in [-0.2, -0.15) is 5.10 Å². The van der Waals surface area contributed by atoms with Gasteiger partial charge in [0.2, 0.25) is 0 Å². The minimum absolute atomic E-state index is 0.00175. The molecule has 0 aliphatic heterocycles. The third-order valence-corrected chi connectivity index (χ3v) is 5.04. The van der Waals surface area contributed by atoms with E-state index in [1.54, 1.807) is 23.1 Å². The first-order valence-corrected chi connectivity index (χ1v) is 8.84. The van der Waals surface area contributed by atoms with E-state index >= 15 is 0 Å². The van der Waals surface area contributed by atoms with Crippen LogP contribution in [0.3, 0.4) is 0 Å². The minimum atomic E-state index is 0.00175. The molecule has 6 nitrogen and oxygen atoms in total. The van der Waals surface area contributed by atoms with Crippen molar-refractivity contribution in [1.29, 1.82) is 0 Å². The molecule has 0 spiro atoms. The number of hydrogen-bond acceptors (Lipinski definition) is 5. The van der Waals surface area contributed by atoms with E-state index < -0.39 is 0 Å². The number of nitrogens with one attached hydrogen (secondary N) is 1. The van der Waals surface area contributed by atoms with Crippen molar-refractivity contribution in [3.05, 3.63) is 46.3 Å². The predicted octanol–water partition coefficient (Wildman–Crippen LogP) is 2.81. The van der Waals surface area contributed by atoms with Crippen LogP contribution in [0.4, 0.5) is 5.82 Å². The molecule has 2 aliphatic rings. The molecule has 0 bridgehead atoms. The lowest BCUT2D eigenvalue weighted by Crippen LogP contribution is -2.33. The lowest BCUT2D eigenvalue weighted by molar-refractivity contribution is 0.302. The molecule has 1 N–H and O–H groups in total. The van der Waals surface area contributed by atoms with E-state index in [4.69, 9.17) is 0 Å². The highest BCUT2D eigenvalue weighted by Crippen LogP contribution is 2.39. The zero-order valence-electron chi connectivity index (χ0n) is 14.0. The molecule has 2 saturated carbocycles. The average molecular weight is 325 g/mol. The molecule has 0 aromatic carbocycles. The van der Waals surface area contributed by atoms with Crippen molar-refractivity contribution < 1.29 is 0 Å². The Balaban J connectivity index is 1.38. The molecule has 4 rings (SSSR count). The molecule has 0 atom stereocenters. The van der Waals surface area contributed by atoms with Gasteiger partial charge in [0.05, 0.1) is 11.7 Å². The Kier molecular flexibility index (Phi) is 4.04. The van der Waals surface area contributed by atoms with E-state index in [9.17, 15) is 4.79 Å². The molecule has 0 unspecified atom stereocenters. The maximum absolute atomic E-state index is 12.0. The fourth-order valence-electron chi connectivity index (χ4n) is 3.51. The molecule has 6 heteroatoms. The Labute approximate surface area is 141 Å². The first-order valence-electron chi connectivity index (χ1n) is 8.84. The summed E-state index contributed by atoms with van der Waals surface area (Å²) in [6.07, 6.45) is 8.14. The second kappa shape index (κ2) is 6.34. The zero-order chi connectivity index (χ0) is 16.5. The maximum Gasteiger partial charge on any atom is 0.267 e. The van der Waals surface area contributed by atoms with Crippen molar-refractivity contribution in [2.75, 3.05) is 5.32 Å². The number of nitrogens with zero attached hydrogens (tertiary/aromatic N) is 4. The Hall–Kier alpha value is -2.24.